The van der Waals surface area contributed by atoms with Gasteiger partial charge < -0.3 is 10.0 Å². The molecule has 0 atom stereocenters. The SMILES string of the molecule is Cc1ccc(C(=O)N(CCO)C2CCC2)c(C)c1. The maximum absolute atomic E-state index is 12.5. The maximum Gasteiger partial charge on any atom is 0.254 e. The summed E-state index contributed by atoms with van der Waals surface area (Å²) in [7, 11) is 0. The Balaban J connectivity index is 2.21. The van der Waals surface area contributed by atoms with E-state index in [1.54, 1.807) is 0 Å². The van der Waals surface area contributed by atoms with Crippen molar-refractivity contribution in [2.75, 3.05) is 13.2 Å². The van der Waals surface area contributed by atoms with Gasteiger partial charge in [-0.1, -0.05) is 17.7 Å². The van der Waals surface area contributed by atoms with Crippen molar-refractivity contribution < 1.29 is 9.90 Å². The zero-order chi connectivity index (χ0) is 13.1. The van der Waals surface area contributed by atoms with E-state index in [9.17, 15) is 4.79 Å². The Morgan fingerprint density at radius 3 is 2.61 bits per heavy atom. The molecule has 2 rings (SSSR count). The summed E-state index contributed by atoms with van der Waals surface area (Å²) in [4.78, 5) is 14.4. The smallest absolute Gasteiger partial charge is 0.254 e. The summed E-state index contributed by atoms with van der Waals surface area (Å²) in [6, 6.07) is 6.23. The lowest BCUT2D eigenvalue weighted by atomic mass is 9.90. The second-order valence-electron chi connectivity index (χ2n) is 5.13. The molecule has 1 fully saturated rings. The van der Waals surface area contributed by atoms with Crippen molar-refractivity contribution in [2.24, 2.45) is 0 Å². The molecule has 3 heteroatoms. The zero-order valence-corrected chi connectivity index (χ0v) is 11.1. The van der Waals surface area contributed by atoms with Gasteiger partial charge in [0.1, 0.15) is 0 Å². The van der Waals surface area contributed by atoms with Gasteiger partial charge in [-0.05, 0) is 44.7 Å². The van der Waals surface area contributed by atoms with Crippen LogP contribution in [0, 0.1) is 13.8 Å². The van der Waals surface area contributed by atoms with Gasteiger partial charge in [0.25, 0.3) is 5.91 Å². The van der Waals surface area contributed by atoms with Crippen molar-refractivity contribution in [2.45, 2.75) is 39.2 Å². The number of aliphatic hydroxyl groups excluding tert-OH is 1. The van der Waals surface area contributed by atoms with Crippen LogP contribution in [0.25, 0.3) is 0 Å². The number of carbonyl (C=O) groups excluding carboxylic acids is 1. The van der Waals surface area contributed by atoms with E-state index in [4.69, 9.17) is 5.11 Å². The third kappa shape index (κ3) is 2.56. The molecule has 18 heavy (non-hydrogen) atoms. The monoisotopic (exact) mass is 247 g/mol. The predicted octanol–water partition coefficient (Wildman–Crippen LogP) is 2.29. The average Bonchev–Trinajstić information content (AvgIpc) is 2.25. The molecule has 0 heterocycles. The van der Waals surface area contributed by atoms with Crippen LogP contribution in [0.5, 0.6) is 0 Å². The van der Waals surface area contributed by atoms with Gasteiger partial charge in [-0.25, -0.2) is 0 Å². The fourth-order valence-corrected chi connectivity index (χ4v) is 2.46. The van der Waals surface area contributed by atoms with Crippen LogP contribution in [0.2, 0.25) is 0 Å². The fraction of sp³-hybridized carbons (Fsp3) is 0.533. The minimum atomic E-state index is 0.0349. The summed E-state index contributed by atoms with van der Waals surface area (Å²) >= 11 is 0. The molecule has 0 unspecified atom stereocenters. The first-order valence-electron chi connectivity index (χ1n) is 6.62. The van der Waals surface area contributed by atoms with Crippen LogP contribution in [0.4, 0.5) is 0 Å². The van der Waals surface area contributed by atoms with E-state index >= 15 is 0 Å². The van der Waals surface area contributed by atoms with E-state index in [1.807, 2.05) is 36.9 Å². The van der Waals surface area contributed by atoms with Crippen molar-refractivity contribution in [3.8, 4) is 0 Å². The molecule has 1 saturated carbocycles. The summed E-state index contributed by atoms with van der Waals surface area (Å²) in [6.07, 6.45) is 3.32. The number of carbonyl (C=O) groups is 1. The first-order valence-corrected chi connectivity index (χ1v) is 6.62. The van der Waals surface area contributed by atoms with Crippen LogP contribution in [-0.2, 0) is 0 Å². The topological polar surface area (TPSA) is 40.5 Å². The Labute approximate surface area is 108 Å². The lowest BCUT2D eigenvalue weighted by Crippen LogP contribution is -2.45. The predicted molar refractivity (Wildman–Crippen MR) is 71.7 cm³/mol. The van der Waals surface area contributed by atoms with Crippen molar-refractivity contribution in [1.82, 2.24) is 4.90 Å². The molecular weight excluding hydrogens is 226 g/mol. The molecule has 1 amide bonds. The Hall–Kier alpha value is -1.35. The standard InChI is InChI=1S/C15H21NO2/c1-11-6-7-14(12(2)10-11)15(18)16(8-9-17)13-4-3-5-13/h6-7,10,13,17H,3-5,8-9H2,1-2H3. The van der Waals surface area contributed by atoms with Crippen LogP contribution in [0.1, 0.15) is 40.7 Å². The number of amides is 1. The van der Waals surface area contributed by atoms with E-state index in [-0.39, 0.29) is 12.5 Å². The summed E-state index contributed by atoms with van der Waals surface area (Å²) < 4.78 is 0. The molecule has 0 aliphatic heterocycles. The highest BCUT2D eigenvalue weighted by molar-refractivity contribution is 5.96. The lowest BCUT2D eigenvalue weighted by Gasteiger charge is -2.37. The van der Waals surface area contributed by atoms with Crippen LogP contribution >= 0.6 is 0 Å². The molecule has 98 valence electrons. The Bertz CT molecular complexity index is 438. The quantitative estimate of drug-likeness (QED) is 0.886. The average molecular weight is 247 g/mol. The number of nitrogens with zero attached hydrogens (tertiary/aromatic N) is 1. The van der Waals surface area contributed by atoms with Gasteiger partial charge in [0.2, 0.25) is 0 Å². The van der Waals surface area contributed by atoms with Gasteiger partial charge in [0.05, 0.1) is 6.61 Å². The van der Waals surface area contributed by atoms with Crippen LogP contribution in [-0.4, -0.2) is 35.1 Å². The Morgan fingerprint density at radius 2 is 2.11 bits per heavy atom. The van der Waals surface area contributed by atoms with E-state index in [0.29, 0.717) is 12.6 Å². The fourth-order valence-electron chi connectivity index (χ4n) is 2.46. The second-order valence-corrected chi connectivity index (χ2v) is 5.13. The summed E-state index contributed by atoms with van der Waals surface area (Å²) in [6.45, 7) is 4.47. The van der Waals surface area contributed by atoms with E-state index in [2.05, 4.69) is 0 Å². The minimum absolute atomic E-state index is 0.0349. The highest BCUT2D eigenvalue weighted by Gasteiger charge is 2.29. The minimum Gasteiger partial charge on any atom is -0.395 e. The molecular formula is C15H21NO2. The van der Waals surface area contributed by atoms with Gasteiger partial charge in [-0.15, -0.1) is 0 Å². The molecule has 0 radical (unpaired) electrons. The number of aliphatic hydroxyl groups is 1. The van der Waals surface area contributed by atoms with Gasteiger partial charge in [-0.3, -0.25) is 4.79 Å². The van der Waals surface area contributed by atoms with Gasteiger partial charge >= 0.3 is 0 Å². The van der Waals surface area contributed by atoms with Gasteiger partial charge in [0.15, 0.2) is 0 Å². The molecule has 0 aromatic heterocycles. The molecule has 0 saturated heterocycles. The largest absolute Gasteiger partial charge is 0.395 e. The lowest BCUT2D eigenvalue weighted by molar-refractivity contribution is 0.0525. The molecule has 1 aliphatic carbocycles. The summed E-state index contributed by atoms with van der Waals surface area (Å²) in [5.41, 5.74) is 2.95. The number of hydrogen-bond donors (Lipinski definition) is 1. The van der Waals surface area contributed by atoms with Crippen molar-refractivity contribution >= 4 is 5.91 Å². The molecule has 0 bridgehead atoms. The summed E-state index contributed by atoms with van der Waals surface area (Å²) in [5, 5.41) is 9.12. The van der Waals surface area contributed by atoms with Gasteiger partial charge in [0, 0.05) is 18.2 Å². The Morgan fingerprint density at radius 1 is 1.39 bits per heavy atom. The van der Waals surface area contributed by atoms with Gasteiger partial charge in [-0.2, -0.15) is 0 Å². The van der Waals surface area contributed by atoms with E-state index in [1.165, 1.54) is 12.0 Å². The first kappa shape index (κ1) is 13.1. The third-order valence-corrected chi connectivity index (χ3v) is 3.73. The maximum atomic E-state index is 12.5. The molecule has 1 aromatic carbocycles. The van der Waals surface area contributed by atoms with E-state index in [0.717, 1.165) is 24.0 Å². The molecule has 3 nitrogen and oxygen atoms in total. The van der Waals surface area contributed by atoms with Crippen molar-refractivity contribution in [3.63, 3.8) is 0 Å². The van der Waals surface area contributed by atoms with E-state index < -0.39 is 0 Å². The van der Waals surface area contributed by atoms with Crippen LogP contribution in [0.15, 0.2) is 18.2 Å². The van der Waals surface area contributed by atoms with Crippen LogP contribution < -0.4 is 0 Å². The molecule has 1 aromatic rings. The molecule has 1 aliphatic rings. The number of hydrogen-bond acceptors (Lipinski definition) is 2. The number of benzene rings is 1. The second kappa shape index (κ2) is 5.53. The highest BCUT2D eigenvalue weighted by atomic mass is 16.3. The molecule has 0 spiro atoms. The first-order chi connectivity index (χ1) is 8.63. The molecule has 1 N–H and O–H groups in total. The number of rotatable bonds is 4. The normalized spacial score (nSPS) is 15.3. The highest BCUT2D eigenvalue weighted by Crippen LogP contribution is 2.26. The Kier molecular flexibility index (Phi) is 4.02. The number of aryl methyl sites for hydroxylation is 2. The zero-order valence-electron chi connectivity index (χ0n) is 11.1. The third-order valence-electron chi connectivity index (χ3n) is 3.73. The van der Waals surface area contributed by atoms with Crippen molar-refractivity contribution in [3.05, 3.63) is 34.9 Å². The van der Waals surface area contributed by atoms with Crippen LogP contribution in [0.3, 0.4) is 0 Å². The van der Waals surface area contributed by atoms with Crippen molar-refractivity contribution in [1.29, 1.82) is 0 Å². The summed E-state index contributed by atoms with van der Waals surface area (Å²) in [5.74, 6) is 0.0613.